The normalized spacial score (nSPS) is 21.5. The van der Waals surface area contributed by atoms with Gasteiger partial charge in [-0.25, -0.2) is 8.78 Å². The van der Waals surface area contributed by atoms with Gasteiger partial charge in [0, 0.05) is 25.6 Å². The molecule has 0 saturated carbocycles. The number of carboxylic acids is 1. The highest BCUT2D eigenvalue weighted by Crippen LogP contribution is 2.34. The molecule has 3 nitrogen and oxygen atoms in total. The van der Waals surface area contributed by atoms with Crippen LogP contribution in [-0.2, 0) is 11.3 Å². The van der Waals surface area contributed by atoms with Crippen molar-refractivity contribution in [3.05, 3.63) is 71.3 Å². The molecule has 0 aliphatic carbocycles. The molecule has 3 rings (SSSR count). The standard InChI is InChI=1S/C18H17F2NO2/c19-16-7-6-13(8-17(16)20)14-10-21(11-15(14)18(22)23)9-12-4-2-1-3-5-12/h1-8,14-15H,9-11H2,(H,22,23)/t14-,15-/m1/s1. The number of aliphatic carboxylic acids is 1. The number of benzene rings is 2. The Balaban J connectivity index is 1.81. The first-order chi connectivity index (χ1) is 11.0. The number of likely N-dealkylation sites (tertiary alicyclic amines) is 1. The summed E-state index contributed by atoms with van der Waals surface area (Å²) in [7, 11) is 0. The van der Waals surface area contributed by atoms with Crippen molar-refractivity contribution < 1.29 is 18.7 Å². The fourth-order valence-corrected chi connectivity index (χ4v) is 3.19. The lowest BCUT2D eigenvalue weighted by Crippen LogP contribution is -2.23. The Morgan fingerprint density at radius 2 is 1.83 bits per heavy atom. The number of hydrogen-bond acceptors (Lipinski definition) is 2. The lowest BCUT2D eigenvalue weighted by molar-refractivity contribution is -0.141. The van der Waals surface area contributed by atoms with E-state index in [2.05, 4.69) is 0 Å². The molecule has 1 fully saturated rings. The Kier molecular flexibility index (Phi) is 4.39. The highest BCUT2D eigenvalue weighted by molar-refractivity contribution is 5.72. The molecule has 0 spiro atoms. The molecule has 2 atom stereocenters. The van der Waals surface area contributed by atoms with Crippen LogP contribution in [0.5, 0.6) is 0 Å². The van der Waals surface area contributed by atoms with E-state index < -0.39 is 23.5 Å². The van der Waals surface area contributed by atoms with Crippen molar-refractivity contribution in [1.82, 2.24) is 4.90 Å². The SMILES string of the molecule is O=C(O)[C@@H]1CN(Cc2ccccc2)C[C@@H]1c1ccc(F)c(F)c1. The quantitative estimate of drug-likeness (QED) is 0.941. The predicted octanol–water partition coefficient (Wildman–Crippen LogP) is 3.27. The van der Waals surface area contributed by atoms with Crippen molar-refractivity contribution in [1.29, 1.82) is 0 Å². The molecule has 0 unspecified atom stereocenters. The van der Waals surface area contributed by atoms with E-state index in [0.717, 1.165) is 17.7 Å². The third-order valence-corrected chi connectivity index (χ3v) is 4.33. The summed E-state index contributed by atoms with van der Waals surface area (Å²) in [4.78, 5) is 13.6. The molecule has 1 heterocycles. The third-order valence-electron chi connectivity index (χ3n) is 4.33. The summed E-state index contributed by atoms with van der Waals surface area (Å²) in [5.74, 6) is -3.72. The van der Waals surface area contributed by atoms with Crippen LogP contribution in [0.2, 0.25) is 0 Å². The van der Waals surface area contributed by atoms with Crippen LogP contribution in [-0.4, -0.2) is 29.1 Å². The summed E-state index contributed by atoms with van der Waals surface area (Å²) in [5, 5.41) is 9.46. The van der Waals surface area contributed by atoms with Crippen LogP contribution in [0.15, 0.2) is 48.5 Å². The molecule has 1 saturated heterocycles. The lowest BCUT2D eigenvalue weighted by Gasteiger charge is -2.16. The monoisotopic (exact) mass is 317 g/mol. The average Bonchev–Trinajstić information content (AvgIpc) is 2.95. The Morgan fingerprint density at radius 1 is 1.09 bits per heavy atom. The van der Waals surface area contributed by atoms with Crippen molar-refractivity contribution in [2.45, 2.75) is 12.5 Å². The molecule has 2 aromatic carbocycles. The van der Waals surface area contributed by atoms with Gasteiger partial charge in [0.05, 0.1) is 5.92 Å². The Labute approximate surface area is 133 Å². The molecule has 1 aliphatic heterocycles. The fraction of sp³-hybridized carbons (Fsp3) is 0.278. The maximum Gasteiger partial charge on any atom is 0.308 e. The van der Waals surface area contributed by atoms with E-state index in [1.54, 1.807) is 0 Å². The molecule has 23 heavy (non-hydrogen) atoms. The first-order valence-electron chi connectivity index (χ1n) is 7.48. The van der Waals surface area contributed by atoms with Gasteiger partial charge in [0.2, 0.25) is 0 Å². The van der Waals surface area contributed by atoms with Crippen molar-refractivity contribution in [3.63, 3.8) is 0 Å². The van der Waals surface area contributed by atoms with E-state index in [9.17, 15) is 18.7 Å². The summed E-state index contributed by atoms with van der Waals surface area (Å²) < 4.78 is 26.6. The minimum absolute atomic E-state index is 0.341. The second kappa shape index (κ2) is 6.46. The van der Waals surface area contributed by atoms with Crippen molar-refractivity contribution in [2.75, 3.05) is 13.1 Å². The van der Waals surface area contributed by atoms with E-state index in [0.29, 0.717) is 25.2 Å². The highest BCUT2D eigenvalue weighted by Gasteiger charge is 2.38. The molecule has 5 heteroatoms. The first kappa shape index (κ1) is 15.6. The summed E-state index contributed by atoms with van der Waals surface area (Å²) >= 11 is 0. The Hall–Kier alpha value is -2.27. The molecule has 2 aromatic rings. The number of carbonyl (C=O) groups is 1. The second-order valence-corrected chi connectivity index (χ2v) is 5.90. The van der Waals surface area contributed by atoms with Gasteiger partial charge in [-0.05, 0) is 23.3 Å². The zero-order valence-corrected chi connectivity index (χ0v) is 12.5. The predicted molar refractivity (Wildman–Crippen MR) is 81.9 cm³/mol. The molecule has 0 aromatic heterocycles. The van der Waals surface area contributed by atoms with E-state index in [1.807, 2.05) is 35.2 Å². The lowest BCUT2D eigenvalue weighted by atomic mass is 9.89. The minimum atomic E-state index is -0.937. The van der Waals surface area contributed by atoms with Gasteiger partial charge < -0.3 is 5.11 Å². The molecule has 1 N–H and O–H groups in total. The smallest absolute Gasteiger partial charge is 0.308 e. The molecule has 0 radical (unpaired) electrons. The summed E-state index contributed by atoms with van der Waals surface area (Å²) in [6, 6.07) is 13.4. The molecule has 120 valence electrons. The number of rotatable bonds is 4. The van der Waals surface area contributed by atoms with E-state index >= 15 is 0 Å². The molecule has 1 aliphatic rings. The fourth-order valence-electron chi connectivity index (χ4n) is 3.19. The van der Waals surface area contributed by atoms with Crippen LogP contribution in [0.1, 0.15) is 17.0 Å². The maximum absolute atomic E-state index is 13.5. The molecular formula is C18H17F2NO2. The number of halogens is 2. The highest BCUT2D eigenvalue weighted by atomic mass is 19.2. The van der Waals surface area contributed by atoms with Gasteiger partial charge >= 0.3 is 5.97 Å². The Bertz CT molecular complexity index is 705. The zero-order chi connectivity index (χ0) is 16.4. The Morgan fingerprint density at radius 3 is 2.48 bits per heavy atom. The van der Waals surface area contributed by atoms with Crippen molar-refractivity contribution >= 4 is 5.97 Å². The third kappa shape index (κ3) is 3.40. The van der Waals surface area contributed by atoms with Crippen LogP contribution >= 0.6 is 0 Å². The van der Waals surface area contributed by atoms with Crippen molar-refractivity contribution in [3.8, 4) is 0 Å². The van der Waals surface area contributed by atoms with Gasteiger partial charge in [0.1, 0.15) is 0 Å². The van der Waals surface area contributed by atoms with Gasteiger partial charge in [-0.15, -0.1) is 0 Å². The van der Waals surface area contributed by atoms with Gasteiger partial charge in [0.25, 0.3) is 0 Å². The number of carboxylic acid groups (broad SMARTS) is 1. The summed E-state index contributed by atoms with van der Waals surface area (Å²) in [6.45, 7) is 1.55. The maximum atomic E-state index is 13.5. The van der Waals surface area contributed by atoms with Crippen LogP contribution in [0.4, 0.5) is 8.78 Å². The van der Waals surface area contributed by atoms with Gasteiger partial charge in [-0.1, -0.05) is 36.4 Å². The van der Waals surface area contributed by atoms with E-state index in [1.165, 1.54) is 6.07 Å². The number of nitrogens with zero attached hydrogens (tertiary/aromatic N) is 1. The van der Waals surface area contributed by atoms with Crippen LogP contribution in [0.25, 0.3) is 0 Å². The minimum Gasteiger partial charge on any atom is -0.481 e. The average molecular weight is 317 g/mol. The summed E-state index contributed by atoms with van der Waals surface area (Å²) in [5.41, 5.74) is 1.63. The first-order valence-corrected chi connectivity index (χ1v) is 7.48. The number of hydrogen-bond donors (Lipinski definition) is 1. The molecular weight excluding hydrogens is 300 g/mol. The van der Waals surface area contributed by atoms with E-state index in [-0.39, 0.29) is 5.92 Å². The van der Waals surface area contributed by atoms with Crippen LogP contribution < -0.4 is 0 Å². The summed E-state index contributed by atoms with van der Waals surface area (Å²) in [6.07, 6.45) is 0. The van der Waals surface area contributed by atoms with Crippen molar-refractivity contribution in [2.24, 2.45) is 5.92 Å². The second-order valence-electron chi connectivity index (χ2n) is 5.90. The van der Waals surface area contributed by atoms with E-state index in [4.69, 9.17) is 0 Å². The van der Waals surface area contributed by atoms with Gasteiger partial charge in [-0.2, -0.15) is 0 Å². The molecule has 0 amide bonds. The van der Waals surface area contributed by atoms with Crippen LogP contribution in [0.3, 0.4) is 0 Å². The zero-order valence-electron chi connectivity index (χ0n) is 12.5. The van der Waals surface area contributed by atoms with Gasteiger partial charge in [0.15, 0.2) is 11.6 Å². The van der Waals surface area contributed by atoms with Gasteiger partial charge in [-0.3, -0.25) is 9.69 Å². The topological polar surface area (TPSA) is 40.5 Å². The molecule has 0 bridgehead atoms. The van der Waals surface area contributed by atoms with Crippen LogP contribution in [0, 0.1) is 17.6 Å². The largest absolute Gasteiger partial charge is 0.481 e.